The number of hydrogen-bond donors (Lipinski definition) is 1. The van der Waals surface area contributed by atoms with Gasteiger partial charge in [0.1, 0.15) is 17.4 Å². The van der Waals surface area contributed by atoms with Crippen molar-refractivity contribution in [3.63, 3.8) is 0 Å². The van der Waals surface area contributed by atoms with Crippen LogP contribution in [0.3, 0.4) is 0 Å². The maximum absolute atomic E-state index is 13.1. The second kappa shape index (κ2) is 8.16. The highest BCUT2D eigenvalue weighted by Gasteiger charge is 2.38. The second-order valence-electron chi connectivity index (χ2n) is 5.86. The van der Waals surface area contributed by atoms with E-state index in [9.17, 15) is 23.2 Å². The van der Waals surface area contributed by atoms with Crippen LogP contribution in [0.4, 0.5) is 13.2 Å². The van der Waals surface area contributed by atoms with Crippen LogP contribution in [0, 0.1) is 11.3 Å². The molecule has 1 aromatic carbocycles. The number of nitrogens with two attached hydrogens (primary N) is 1. The number of carbonyl (C=O) groups excluding carboxylic acids is 1. The summed E-state index contributed by atoms with van der Waals surface area (Å²) in [6.07, 6.45) is -3.64. The van der Waals surface area contributed by atoms with Crippen LogP contribution in [0.5, 0.6) is 0 Å². The molecule has 0 fully saturated rings. The number of esters is 1. The number of allylic oxidation sites excluding steroid dienone is 2. The van der Waals surface area contributed by atoms with E-state index in [0.717, 1.165) is 12.1 Å². The summed E-state index contributed by atoms with van der Waals surface area (Å²) in [7, 11) is 0. The van der Waals surface area contributed by atoms with Gasteiger partial charge in [-0.05, 0) is 25.0 Å². The minimum Gasteiger partial charge on any atom is -0.463 e. The van der Waals surface area contributed by atoms with Crippen LogP contribution in [0.1, 0.15) is 43.7 Å². The molecule has 0 saturated carbocycles. The van der Waals surface area contributed by atoms with E-state index in [-0.39, 0.29) is 35.0 Å². The van der Waals surface area contributed by atoms with E-state index < -0.39 is 23.6 Å². The van der Waals surface area contributed by atoms with Gasteiger partial charge < -0.3 is 15.2 Å². The number of nitriles is 1. The fourth-order valence-corrected chi connectivity index (χ4v) is 2.89. The van der Waals surface area contributed by atoms with Crippen molar-refractivity contribution in [1.29, 1.82) is 5.26 Å². The molecule has 0 amide bonds. The zero-order valence-electron chi connectivity index (χ0n) is 14.9. The van der Waals surface area contributed by atoms with E-state index in [4.69, 9.17) is 15.2 Å². The Bertz CT molecular complexity index is 835. The van der Waals surface area contributed by atoms with Gasteiger partial charge in [0.15, 0.2) is 0 Å². The lowest BCUT2D eigenvalue weighted by Gasteiger charge is -2.28. The van der Waals surface area contributed by atoms with E-state index in [2.05, 4.69) is 0 Å². The molecule has 1 heterocycles. The summed E-state index contributed by atoms with van der Waals surface area (Å²) in [6, 6.07) is 6.32. The third kappa shape index (κ3) is 4.25. The lowest BCUT2D eigenvalue weighted by atomic mass is 9.82. The second-order valence-corrected chi connectivity index (χ2v) is 5.86. The molecule has 144 valence electrons. The monoisotopic (exact) mass is 380 g/mol. The third-order valence-electron chi connectivity index (χ3n) is 4.02. The highest BCUT2D eigenvalue weighted by Crippen LogP contribution is 2.42. The van der Waals surface area contributed by atoms with Crippen LogP contribution in [0.15, 0.2) is 47.1 Å². The molecule has 0 aliphatic carbocycles. The number of halogens is 3. The zero-order chi connectivity index (χ0) is 20.2. The molecule has 0 spiro atoms. The zero-order valence-corrected chi connectivity index (χ0v) is 14.9. The van der Waals surface area contributed by atoms with Crippen molar-refractivity contribution in [2.24, 2.45) is 5.73 Å². The van der Waals surface area contributed by atoms with E-state index >= 15 is 0 Å². The third-order valence-corrected chi connectivity index (χ3v) is 4.02. The summed E-state index contributed by atoms with van der Waals surface area (Å²) in [6.45, 7) is 3.52. The van der Waals surface area contributed by atoms with Crippen molar-refractivity contribution < 1.29 is 27.4 Å². The van der Waals surface area contributed by atoms with Gasteiger partial charge in [-0.1, -0.05) is 25.1 Å². The summed E-state index contributed by atoms with van der Waals surface area (Å²) in [5, 5.41) is 9.50. The first-order valence-electron chi connectivity index (χ1n) is 8.39. The van der Waals surface area contributed by atoms with E-state index in [1.54, 1.807) is 6.92 Å². The van der Waals surface area contributed by atoms with Gasteiger partial charge in [0.05, 0.1) is 23.7 Å². The van der Waals surface area contributed by atoms with E-state index in [1.165, 1.54) is 12.1 Å². The molecule has 0 radical (unpaired) electrons. The van der Waals surface area contributed by atoms with Crippen molar-refractivity contribution in [2.75, 3.05) is 6.61 Å². The molecule has 1 aromatic rings. The number of carbonyl (C=O) groups is 1. The molecule has 2 rings (SSSR count). The molecule has 5 nitrogen and oxygen atoms in total. The Hall–Kier alpha value is -2.95. The van der Waals surface area contributed by atoms with E-state index in [1.807, 2.05) is 13.0 Å². The topological polar surface area (TPSA) is 85.3 Å². The van der Waals surface area contributed by atoms with Gasteiger partial charge in [-0.15, -0.1) is 0 Å². The molecule has 0 bridgehead atoms. The van der Waals surface area contributed by atoms with Crippen LogP contribution >= 0.6 is 0 Å². The molecule has 1 aliphatic rings. The van der Waals surface area contributed by atoms with Gasteiger partial charge in [0.25, 0.3) is 0 Å². The Morgan fingerprint density at radius 1 is 1.37 bits per heavy atom. The molecule has 8 heteroatoms. The van der Waals surface area contributed by atoms with Crippen LogP contribution < -0.4 is 5.73 Å². The van der Waals surface area contributed by atoms with Crippen LogP contribution in [-0.2, 0) is 20.4 Å². The number of rotatable bonds is 5. The number of benzene rings is 1. The molecule has 0 saturated heterocycles. The molecular formula is C19H19F3N2O3. The van der Waals surface area contributed by atoms with Crippen molar-refractivity contribution in [1.82, 2.24) is 0 Å². The predicted octanol–water partition coefficient (Wildman–Crippen LogP) is 4.13. The Kier molecular flexibility index (Phi) is 6.16. The highest BCUT2D eigenvalue weighted by atomic mass is 19.4. The van der Waals surface area contributed by atoms with Crippen molar-refractivity contribution in [2.45, 2.75) is 38.8 Å². The van der Waals surface area contributed by atoms with Gasteiger partial charge in [0, 0.05) is 6.42 Å². The minimum absolute atomic E-state index is 0.00349. The molecule has 2 N–H and O–H groups in total. The first-order valence-corrected chi connectivity index (χ1v) is 8.39. The van der Waals surface area contributed by atoms with Crippen molar-refractivity contribution in [3.05, 3.63) is 58.2 Å². The van der Waals surface area contributed by atoms with Crippen molar-refractivity contribution >= 4 is 5.97 Å². The normalized spacial score (nSPS) is 17.4. The maximum Gasteiger partial charge on any atom is 0.416 e. The number of hydrogen-bond acceptors (Lipinski definition) is 5. The largest absolute Gasteiger partial charge is 0.463 e. The summed E-state index contributed by atoms with van der Waals surface area (Å²) >= 11 is 0. The molecule has 27 heavy (non-hydrogen) atoms. The number of ether oxygens (including phenoxy) is 2. The van der Waals surface area contributed by atoms with Gasteiger partial charge >= 0.3 is 12.1 Å². The van der Waals surface area contributed by atoms with Gasteiger partial charge in [-0.2, -0.15) is 18.4 Å². The first-order chi connectivity index (χ1) is 12.7. The molecule has 0 aromatic heterocycles. The lowest BCUT2D eigenvalue weighted by molar-refractivity contribution is -0.139. The minimum atomic E-state index is -4.57. The number of alkyl halides is 3. The Labute approximate surface area is 154 Å². The average molecular weight is 380 g/mol. The summed E-state index contributed by atoms with van der Waals surface area (Å²) < 4.78 is 49.9. The quantitative estimate of drug-likeness (QED) is 0.777. The standard InChI is InChI=1S/C19H19F3N2O3/c1-3-6-14-16(18(25)26-4-2)15(13(10-23)17(24)27-14)11-7-5-8-12(9-11)19(20,21)22/h5,7-9,15H,3-4,6,24H2,1-2H3/t15-/m0/s1. The smallest absolute Gasteiger partial charge is 0.416 e. The fraction of sp³-hybridized carbons (Fsp3) is 0.368. The van der Waals surface area contributed by atoms with Crippen LogP contribution in [0.2, 0.25) is 0 Å². The lowest BCUT2D eigenvalue weighted by Crippen LogP contribution is -2.26. The average Bonchev–Trinajstić information content (AvgIpc) is 2.61. The Morgan fingerprint density at radius 2 is 2.07 bits per heavy atom. The van der Waals surface area contributed by atoms with Crippen molar-refractivity contribution in [3.8, 4) is 6.07 Å². The van der Waals surface area contributed by atoms with Gasteiger partial charge in [-0.3, -0.25) is 0 Å². The number of nitrogens with zero attached hydrogens (tertiary/aromatic N) is 1. The molecule has 0 unspecified atom stereocenters. The van der Waals surface area contributed by atoms with E-state index in [0.29, 0.717) is 12.8 Å². The Balaban J connectivity index is 2.70. The van der Waals surface area contributed by atoms with Crippen LogP contribution in [-0.4, -0.2) is 12.6 Å². The van der Waals surface area contributed by atoms with Gasteiger partial charge in [-0.25, -0.2) is 4.79 Å². The SMILES string of the molecule is CCCC1=C(C(=O)OCC)[C@@H](c2cccc(C(F)(F)F)c2)C(C#N)=C(N)O1. The summed E-state index contributed by atoms with van der Waals surface area (Å²) in [5.74, 6) is -1.86. The van der Waals surface area contributed by atoms with Crippen LogP contribution in [0.25, 0.3) is 0 Å². The molecule has 1 atom stereocenters. The predicted molar refractivity (Wildman–Crippen MR) is 90.7 cm³/mol. The fourth-order valence-electron chi connectivity index (χ4n) is 2.89. The Morgan fingerprint density at radius 3 is 2.63 bits per heavy atom. The van der Waals surface area contributed by atoms with Gasteiger partial charge in [0.2, 0.25) is 5.88 Å². The molecule has 1 aliphatic heterocycles. The first kappa shape index (κ1) is 20.4. The maximum atomic E-state index is 13.1. The summed E-state index contributed by atoms with van der Waals surface area (Å²) in [5.41, 5.74) is 4.93. The highest BCUT2D eigenvalue weighted by molar-refractivity contribution is 5.92. The summed E-state index contributed by atoms with van der Waals surface area (Å²) in [4.78, 5) is 12.6. The molecular weight excluding hydrogens is 361 g/mol.